The smallest absolute Gasteiger partial charge is 0.369 e. The van der Waals surface area contributed by atoms with Crippen molar-refractivity contribution in [3.63, 3.8) is 0 Å². The molecule has 3 rings (SSSR count). The van der Waals surface area contributed by atoms with Gasteiger partial charge in [0.1, 0.15) is 0 Å². The number of alkyl halides is 3. The van der Waals surface area contributed by atoms with E-state index < -0.39 is 17.6 Å². The summed E-state index contributed by atoms with van der Waals surface area (Å²) in [7, 11) is 0. The van der Waals surface area contributed by atoms with Crippen LogP contribution in [0.5, 0.6) is 0 Å². The number of amides is 1. The Morgan fingerprint density at radius 1 is 1.19 bits per heavy atom. The Hall–Kier alpha value is -3.14. The third-order valence-corrected chi connectivity index (χ3v) is 3.51. The number of nitrogens with one attached hydrogen (secondary N) is 2. The summed E-state index contributed by atoms with van der Waals surface area (Å²) >= 11 is 0. The number of rotatable bonds is 6. The van der Waals surface area contributed by atoms with Crippen molar-refractivity contribution >= 4 is 23.2 Å². The minimum absolute atomic E-state index is 0. The molecule has 0 radical (unpaired) electrons. The van der Waals surface area contributed by atoms with Gasteiger partial charge in [0.2, 0.25) is 11.9 Å². The van der Waals surface area contributed by atoms with Gasteiger partial charge in [-0.25, -0.2) is 4.52 Å². The van der Waals surface area contributed by atoms with Crippen LogP contribution in [0.25, 0.3) is 5.65 Å². The van der Waals surface area contributed by atoms with E-state index in [9.17, 15) is 18.0 Å². The first kappa shape index (κ1) is 17.7. The summed E-state index contributed by atoms with van der Waals surface area (Å²) in [4.78, 5) is 15.1. The molecule has 10 heteroatoms. The Labute approximate surface area is 147 Å². The van der Waals surface area contributed by atoms with Crippen molar-refractivity contribution in [2.24, 2.45) is 5.73 Å². The normalized spacial score (nSPS) is 11.7. The highest BCUT2D eigenvalue weighted by Gasteiger charge is 2.29. The SMILES string of the molecule is NC(=O)CNCc1cccc2nc(Nc3ccc(C(F)(F)F)cc3)nn12.[HH]. The summed E-state index contributed by atoms with van der Waals surface area (Å²) in [6.07, 6.45) is -4.38. The zero-order chi connectivity index (χ0) is 18.7. The highest BCUT2D eigenvalue weighted by Crippen LogP contribution is 2.30. The van der Waals surface area contributed by atoms with E-state index in [2.05, 4.69) is 20.7 Å². The van der Waals surface area contributed by atoms with Gasteiger partial charge in [-0.05, 0) is 36.4 Å². The average molecular weight is 366 g/mol. The van der Waals surface area contributed by atoms with Crippen LogP contribution in [0.3, 0.4) is 0 Å². The van der Waals surface area contributed by atoms with E-state index in [-0.39, 0.29) is 13.9 Å². The van der Waals surface area contributed by atoms with Gasteiger partial charge in [-0.1, -0.05) is 6.07 Å². The molecule has 0 saturated carbocycles. The molecule has 0 bridgehead atoms. The molecule has 3 aromatic rings. The minimum atomic E-state index is -4.38. The summed E-state index contributed by atoms with van der Waals surface area (Å²) in [5.41, 5.74) is 6.09. The largest absolute Gasteiger partial charge is 0.416 e. The molecule has 0 aliphatic rings. The van der Waals surface area contributed by atoms with Crippen LogP contribution in [0.4, 0.5) is 24.8 Å². The lowest BCUT2D eigenvalue weighted by Gasteiger charge is -2.07. The number of aromatic nitrogens is 3. The molecule has 26 heavy (non-hydrogen) atoms. The Bertz CT molecular complexity index is 926. The Morgan fingerprint density at radius 2 is 1.92 bits per heavy atom. The first-order valence-electron chi connectivity index (χ1n) is 7.61. The van der Waals surface area contributed by atoms with Crippen molar-refractivity contribution in [2.45, 2.75) is 12.7 Å². The number of primary amides is 1. The molecule has 1 aromatic carbocycles. The van der Waals surface area contributed by atoms with Crippen molar-refractivity contribution in [3.8, 4) is 0 Å². The van der Waals surface area contributed by atoms with E-state index in [0.717, 1.165) is 17.8 Å². The second-order valence-corrected chi connectivity index (χ2v) is 5.49. The highest BCUT2D eigenvalue weighted by atomic mass is 19.4. The summed E-state index contributed by atoms with van der Waals surface area (Å²) in [6.45, 7) is 0.380. The number of hydrogen-bond acceptors (Lipinski definition) is 5. The Kier molecular flexibility index (Phi) is 4.76. The number of carbonyl (C=O) groups is 1. The molecule has 0 saturated heterocycles. The molecule has 2 aromatic heterocycles. The van der Waals surface area contributed by atoms with Crippen LogP contribution < -0.4 is 16.4 Å². The van der Waals surface area contributed by atoms with Crippen LogP contribution in [-0.4, -0.2) is 27.0 Å². The Balaban J connectivity index is 0.00000261. The fraction of sp³-hybridized carbons (Fsp3) is 0.188. The number of pyridine rings is 1. The topological polar surface area (TPSA) is 97.3 Å². The van der Waals surface area contributed by atoms with Gasteiger partial charge in [0.15, 0.2) is 5.65 Å². The van der Waals surface area contributed by atoms with Crippen molar-refractivity contribution in [1.29, 1.82) is 0 Å². The molecule has 138 valence electrons. The van der Waals surface area contributed by atoms with Crippen LogP contribution in [0.15, 0.2) is 42.5 Å². The van der Waals surface area contributed by atoms with Gasteiger partial charge in [0.05, 0.1) is 17.8 Å². The van der Waals surface area contributed by atoms with Gasteiger partial charge < -0.3 is 16.4 Å². The van der Waals surface area contributed by atoms with Crippen molar-refractivity contribution in [1.82, 2.24) is 19.9 Å². The molecular formula is C16H17F3N6O. The fourth-order valence-electron chi connectivity index (χ4n) is 2.33. The molecule has 0 atom stereocenters. The number of fused-ring (bicyclic) bond motifs is 1. The van der Waals surface area contributed by atoms with E-state index in [0.29, 0.717) is 17.9 Å². The number of benzene rings is 1. The zero-order valence-corrected chi connectivity index (χ0v) is 13.4. The third-order valence-electron chi connectivity index (χ3n) is 3.51. The standard InChI is InChI=1S/C16H15F3N6O.H2/c17-16(18,19)10-4-6-11(7-5-10)22-15-23-14-3-1-2-12(25(14)24-15)8-21-9-13(20)26;/h1-7,21H,8-9H2,(H2,20,26)(H,22,24);1H. The summed E-state index contributed by atoms with van der Waals surface area (Å²) in [5.74, 6) is -0.229. The van der Waals surface area contributed by atoms with Gasteiger partial charge in [-0.15, -0.1) is 5.10 Å². The molecule has 0 unspecified atom stereocenters. The maximum absolute atomic E-state index is 12.6. The quantitative estimate of drug-likeness (QED) is 0.622. The predicted molar refractivity (Wildman–Crippen MR) is 90.7 cm³/mol. The fourth-order valence-corrected chi connectivity index (χ4v) is 2.33. The molecule has 0 fully saturated rings. The lowest BCUT2D eigenvalue weighted by molar-refractivity contribution is -0.137. The first-order valence-corrected chi connectivity index (χ1v) is 7.61. The first-order chi connectivity index (χ1) is 12.3. The number of halogens is 3. The molecule has 1 amide bonds. The Morgan fingerprint density at radius 3 is 2.58 bits per heavy atom. The highest BCUT2D eigenvalue weighted by molar-refractivity contribution is 5.75. The van der Waals surface area contributed by atoms with Gasteiger partial charge in [-0.3, -0.25) is 4.79 Å². The number of anilines is 2. The van der Waals surface area contributed by atoms with Crippen molar-refractivity contribution in [2.75, 3.05) is 11.9 Å². The summed E-state index contributed by atoms with van der Waals surface area (Å²) < 4.78 is 39.4. The molecule has 0 aliphatic carbocycles. The molecular weight excluding hydrogens is 349 g/mol. The monoisotopic (exact) mass is 366 g/mol. The minimum Gasteiger partial charge on any atom is -0.369 e. The van der Waals surface area contributed by atoms with E-state index in [1.54, 1.807) is 22.7 Å². The zero-order valence-electron chi connectivity index (χ0n) is 13.4. The lowest BCUT2D eigenvalue weighted by Crippen LogP contribution is -2.28. The van der Waals surface area contributed by atoms with Gasteiger partial charge >= 0.3 is 6.18 Å². The van der Waals surface area contributed by atoms with Gasteiger partial charge in [0.25, 0.3) is 0 Å². The molecule has 4 N–H and O–H groups in total. The van der Waals surface area contributed by atoms with E-state index >= 15 is 0 Å². The predicted octanol–water partition coefficient (Wildman–Crippen LogP) is 2.31. The van der Waals surface area contributed by atoms with Crippen molar-refractivity contribution < 1.29 is 19.4 Å². The number of carbonyl (C=O) groups excluding carboxylic acids is 1. The van der Waals surface area contributed by atoms with Crippen LogP contribution in [0.1, 0.15) is 12.7 Å². The maximum Gasteiger partial charge on any atom is 0.416 e. The van der Waals surface area contributed by atoms with E-state index in [1.807, 2.05) is 0 Å². The molecule has 7 nitrogen and oxygen atoms in total. The van der Waals surface area contributed by atoms with Crippen LogP contribution in [-0.2, 0) is 17.5 Å². The van der Waals surface area contributed by atoms with E-state index in [1.165, 1.54) is 12.1 Å². The van der Waals surface area contributed by atoms with Gasteiger partial charge in [0, 0.05) is 13.7 Å². The van der Waals surface area contributed by atoms with E-state index in [4.69, 9.17) is 5.73 Å². The van der Waals surface area contributed by atoms with Crippen molar-refractivity contribution in [3.05, 3.63) is 53.7 Å². The molecule has 2 heterocycles. The van der Waals surface area contributed by atoms with Gasteiger partial charge in [-0.2, -0.15) is 18.2 Å². The van der Waals surface area contributed by atoms with Crippen LogP contribution in [0.2, 0.25) is 0 Å². The average Bonchev–Trinajstić information content (AvgIpc) is 2.97. The lowest BCUT2D eigenvalue weighted by atomic mass is 10.2. The maximum atomic E-state index is 12.6. The second-order valence-electron chi connectivity index (χ2n) is 5.49. The van der Waals surface area contributed by atoms with Crippen LogP contribution >= 0.6 is 0 Å². The van der Waals surface area contributed by atoms with Crippen LogP contribution in [0, 0.1) is 0 Å². The molecule has 0 spiro atoms. The summed E-state index contributed by atoms with van der Waals surface area (Å²) in [6, 6.07) is 9.91. The number of hydrogen-bond donors (Lipinski definition) is 3. The third kappa shape index (κ3) is 4.09. The number of nitrogens with two attached hydrogens (primary N) is 1. The second kappa shape index (κ2) is 7.00. The molecule has 0 aliphatic heterocycles. The number of nitrogens with zero attached hydrogens (tertiary/aromatic N) is 3. The summed E-state index contributed by atoms with van der Waals surface area (Å²) in [5, 5.41) is 10.0.